The van der Waals surface area contributed by atoms with Crippen LogP contribution in [0.3, 0.4) is 0 Å². The summed E-state index contributed by atoms with van der Waals surface area (Å²) in [5.74, 6) is -0.842. The third-order valence-corrected chi connectivity index (χ3v) is 6.58. The molecule has 6 nitrogen and oxygen atoms in total. The fourth-order valence-corrected chi connectivity index (χ4v) is 4.94. The quantitative estimate of drug-likeness (QED) is 0.553. The van der Waals surface area contributed by atoms with E-state index in [1.807, 2.05) is 25.1 Å². The lowest BCUT2D eigenvalue weighted by atomic mass is 9.71. The molecule has 4 rings (SSSR count). The Bertz CT molecular complexity index is 1220. The minimum Gasteiger partial charge on any atom is -0.493 e. The monoisotopic (exact) mass is 479 g/mol. The average Bonchev–Trinajstić information content (AvgIpc) is 2.86. The van der Waals surface area contributed by atoms with Crippen LogP contribution in [-0.2, 0) is 14.3 Å². The summed E-state index contributed by atoms with van der Waals surface area (Å²) in [4.78, 5) is 26.7. The normalized spacial score (nSPS) is 19.7. The molecule has 1 aliphatic heterocycles. The molecular formula is C28H30FNO5. The molecule has 2 aromatic rings. The molecule has 35 heavy (non-hydrogen) atoms. The minimum absolute atomic E-state index is 0.101. The molecule has 0 radical (unpaired) electrons. The van der Waals surface area contributed by atoms with Crippen molar-refractivity contribution in [1.82, 2.24) is 5.32 Å². The molecule has 0 spiro atoms. The van der Waals surface area contributed by atoms with Crippen molar-refractivity contribution in [3.63, 3.8) is 0 Å². The van der Waals surface area contributed by atoms with Crippen molar-refractivity contribution in [2.75, 3.05) is 20.8 Å². The van der Waals surface area contributed by atoms with Crippen LogP contribution in [0.15, 0.2) is 65.0 Å². The van der Waals surface area contributed by atoms with Crippen LogP contribution in [0.1, 0.15) is 56.1 Å². The molecule has 1 aliphatic carbocycles. The Balaban J connectivity index is 1.77. The Hall–Kier alpha value is -3.61. The van der Waals surface area contributed by atoms with Gasteiger partial charge in [0.15, 0.2) is 17.3 Å². The van der Waals surface area contributed by atoms with Crippen LogP contribution in [0.2, 0.25) is 0 Å². The van der Waals surface area contributed by atoms with E-state index in [1.165, 1.54) is 6.07 Å². The van der Waals surface area contributed by atoms with Crippen molar-refractivity contribution in [2.24, 2.45) is 0 Å². The highest BCUT2D eigenvalue weighted by Gasteiger charge is 2.42. The number of benzene rings is 2. The highest BCUT2D eigenvalue weighted by atomic mass is 19.1. The number of dihydropyridines is 1. The van der Waals surface area contributed by atoms with E-state index in [0.717, 1.165) is 5.56 Å². The predicted octanol–water partition coefficient (Wildman–Crippen LogP) is 5.16. The van der Waals surface area contributed by atoms with Crippen LogP contribution in [0.5, 0.6) is 11.5 Å². The van der Waals surface area contributed by atoms with Crippen molar-refractivity contribution < 1.29 is 28.2 Å². The molecule has 0 fully saturated rings. The molecule has 0 saturated heterocycles. The molecule has 0 aromatic heterocycles. The SMILES string of the molecule is CCCOC(=O)C1=C(C)NC2=C(C(=O)C[C@H](c3ccc(OC)c(OC)c3)C2)[C@@H]1c1ccccc1F. The average molecular weight is 480 g/mol. The first-order valence-electron chi connectivity index (χ1n) is 11.8. The van der Waals surface area contributed by atoms with Gasteiger partial charge in [0.1, 0.15) is 5.82 Å². The van der Waals surface area contributed by atoms with E-state index in [-0.39, 0.29) is 30.3 Å². The van der Waals surface area contributed by atoms with Gasteiger partial charge >= 0.3 is 5.97 Å². The summed E-state index contributed by atoms with van der Waals surface area (Å²) in [6.07, 6.45) is 1.43. The maximum atomic E-state index is 15.0. The van der Waals surface area contributed by atoms with Crippen molar-refractivity contribution in [3.05, 3.63) is 81.9 Å². The van der Waals surface area contributed by atoms with Crippen LogP contribution in [0, 0.1) is 5.82 Å². The third kappa shape index (κ3) is 4.67. The Morgan fingerprint density at radius 2 is 1.83 bits per heavy atom. The van der Waals surface area contributed by atoms with Crippen molar-refractivity contribution in [3.8, 4) is 11.5 Å². The number of esters is 1. The summed E-state index contributed by atoms with van der Waals surface area (Å²) in [7, 11) is 3.15. The second-order valence-corrected chi connectivity index (χ2v) is 8.79. The van der Waals surface area contributed by atoms with E-state index in [9.17, 15) is 9.59 Å². The van der Waals surface area contributed by atoms with Gasteiger partial charge in [-0.25, -0.2) is 9.18 Å². The van der Waals surface area contributed by atoms with Gasteiger partial charge in [0.05, 0.1) is 32.3 Å². The molecule has 7 heteroatoms. The largest absolute Gasteiger partial charge is 0.493 e. The molecule has 184 valence electrons. The highest BCUT2D eigenvalue weighted by Crippen LogP contribution is 2.47. The van der Waals surface area contributed by atoms with Gasteiger partial charge in [-0.2, -0.15) is 0 Å². The first kappa shape index (κ1) is 24.5. The first-order chi connectivity index (χ1) is 16.9. The van der Waals surface area contributed by atoms with E-state index in [0.29, 0.717) is 46.9 Å². The molecule has 1 N–H and O–H groups in total. The van der Waals surface area contributed by atoms with Gasteiger partial charge in [0, 0.05) is 29.0 Å². The van der Waals surface area contributed by atoms with E-state index in [1.54, 1.807) is 39.3 Å². The Labute approximate surface area is 204 Å². The van der Waals surface area contributed by atoms with Crippen molar-refractivity contribution in [2.45, 2.75) is 44.9 Å². The molecule has 0 bridgehead atoms. The fourth-order valence-electron chi connectivity index (χ4n) is 4.94. The molecule has 0 amide bonds. The number of halogens is 1. The predicted molar refractivity (Wildman–Crippen MR) is 130 cm³/mol. The lowest BCUT2D eigenvalue weighted by molar-refractivity contribution is -0.139. The zero-order chi connectivity index (χ0) is 25.1. The van der Waals surface area contributed by atoms with Gasteiger partial charge < -0.3 is 19.5 Å². The topological polar surface area (TPSA) is 73.9 Å². The Morgan fingerprint density at radius 3 is 2.51 bits per heavy atom. The number of methoxy groups -OCH3 is 2. The number of ether oxygens (including phenoxy) is 3. The van der Waals surface area contributed by atoms with Crippen LogP contribution in [-0.4, -0.2) is 32.6 Å². The van der Waals surface area contributed by atoms with Crippen LogP contribution < -0.4 is 14.8 Å². The summed E-state index contributed by atoms with van der Waals surface area (Å²) in [5.41, 5.74) is 3.22. The third-order valence-electron chi connectivity index (χ3n) is 6.58. The molecule has 2 aromatic carbocycles. The van der Waals surface area contributed by atoms with Crippen molar-refractivity contribution >= 4 is 11.8 Å². The van der Waals surface area contributed by atoms with E-state index < -0.39 is 17.7 Å². The molecule has 2 aliphatic rings. The van der Waals surface area contributed by atoms with E-state index in [2.05, 4.69) is 5.32 Å². The zero-order valence-corrected chi connectivity index (χ0v) is 20.4. The summed E-state index contributed by atoms with van der Waals surface area (Å²) in [6, 6.07) is 11.9. The summed E-state index contributed by atoms with van der Waals surface area (Å²) >= 11 is 0. The molecular weight excluding hydrogens is 449 g/mol. The van der Waals surface area contributed by atoms with E-state index in [4.69, 9.17) is 14.2 Å². The smallest absolute Gasteiger partial charge is 0.336 e. The molecule has 2 atom stereocenters. The lowest BCUT2D eigenvalue weighted by Crippen LogP contribution is -2.36. The summed E-state index contributed by atoms with van der Waals surface area (Å²) in [5, 5.41) is 3.29. The molecule has 0 saturated carbocycles. The zero-order valence-electron chi connectivity index (χ0n) is 20.4. The molecule has 0 unspecified atom stereocenters. The van der Waals surface area contributed by atoms with Gasteiger partial charge in [-0.1, -0.05) is 31.2 Å². The number of ketones is 1. The first-order valence-corrected chi connectivity index (χ1v) is 11.8. The van der Waals surface area contributed by atoms with Crippen LogP contribution >= 0.6 is 0 Å². The highest BCUT2D eigenvalue weighted by molar-refractivity contribution is 6.04. The number of Topliss-reactive ketones (excluding diaryl/α,β-unsaturated/α-hetero) is 1. The fraction of sp³-hybridized carbons (Fsp3) is 0.357. The van der Waals surface area contributed by atoms with Gasteiger partial charge in [-0.15, -0.1) is 0 Å². The lowest BCUT2D eigenvalue weighted by Gasteiger charge is -2.36. The number of nitrogens with one attached hydrogen (secondary N) is 1. The molecule has 1 heterocycles. The summed E-state index contributed by atoms with van der Waals surface area (Å²) < 4.78 is 31.2. The van der Waals surface area contributed by atoms with Crippen LogP contribution in [0.25, 0.3) is 0 Å². The second-order valence-electron chi connectivity index (χ2n) is 8.79. The number of hydrogen-bond donors (Lipinski definition) is 1. The Morgan fingerprint density at radius 1 is 1.09 bits per heavy atom. The van der Waals surface area contributed by atoms with Crippen molar-refractivity contribution in [1.29, 1.82) is 0 Å². The number of hydrogen-bond acceptors (Lipinski definition) is 6. The number of carbonyl (C=O) groups is 2. The van der Waals surface area contributed by atoms with E-state index >= 15 is 4.39 Å². The number of rotatable bonds is 7. The van der Waals surface area contributed by atoms with Gasteiger partial charge in [-0.3, -0.25) is 4.79 Å². The number of carbonyl (C=O) groups excluding carboxylic acids is 2. The maximum absolute atomic E-state index is 15.0. The Kier molecular flexibility index (Phi) is 7.24. The summed E-state index contributed by atoms with van der Waals surface area (Å²) in [6.45, 7) is 3.92. The van der Waals surface area contributed by atoms with Crippen LogP contribution in [0.4, 0.5) is 4.39 Å². The second kappa shape index (κ2) is 10.3. The minimum atomic E-state index is -0.823. The van der Waals surface area contributed by atoms with Gasteiger partial charge in [-0.05, 0) is 49.4 Å². The maximum Gasteiger partial charge on any atom is 0.336 e. The standard InChI is InChI=1S/C28H30FNO5/c1-5-12-35-28(32)25-16(2)30-21-13-18(17-10-11-23(33-3)24(15-17)34-4)14-22(31)27(21)26(25)19-8-6-7-9-20(19)29/h6-11,15,18,26,30H,5,12-14H2,1-4H3/t18-,26-/m1/s1. The van der Waals surface area contributed by atoms with Gasteiger partial charge in [0.25, 0.3) is 0 Å². The number of allylic oxidation sites excluding steroid dienone is 3. The van der Waals surface area contributed by atoms with Gasteiger partial charge in [0.2, 0.25) is 0 Å².